The first-order chi connectivity index (χ1) is 21.4. The first kappa shape index (κ1) is 38.9. The molecule has 1 saturated carbocycles. The van der Waals surface area contributed by atoms with Gasteiger partial charge in [0.15, 0.2) is 0 Å². The van der Waals surface area contributed by atoms with Gasteiger partial charge in [-0.15, -0.1) is 12.8 Å². The number of terminal acetylenes is 2. The van der Waals surface area contributed by atoms with E-state index >= 15 is 0 Å². The minimum Gasteiger partial charge on any atom is -0.377 e. The Kier molecular flexibility index (Phi) is 22.3. The third-order valence-corrected chi connectivity index (χ3v) is 7.18. The fourth-order valence-electron chi connectivity index (χ4n) is 4.41. The lowest BCUT2D eigenvalue weighted by Crippen LogP contribution is -2.53. The molecule has 0 aromatic rings. The molecule has 1 aliphatic carbocycles. The molecule has 4 N–H and O–H groups in total. The Balaban J connectivity index is 2.74. The van der Waals surface area contributed by atoms with Crippen LogP contribution in [0.3, 0.4) is 0 Å². The summed E-state index contributed by atoms with van der Waals surface area (Å²) >= 11 is 0. The highest BCUT2D eigenvalue weighted by Crippen LogP contribution is 2.31. The molecule has 0 aromatic heterocycles. The highest BCUT2D eigenvalue weighted by molar-refractivity contribution is 5.81. The molecule has 0 radical (unpaired) electrons. The summed E-state index contributed by atoms with van der Waals surface area (Å²) in [6.45, 7) is 5.70. The second-order valence-corrected chi connectivity index (χ2v) is 10.7. The molecule has 44 heavy (non-hydrogen) atoms. The highest BCUT2D eigenvalue weighted by Gasteiger charge is 2.36. The molecule has 0 saturated heterocycles. The summed E-state index contributed by atoms with van der Waals surface area (Å²) in [5.41, 5.74) is -0.902. The molecule has 1 aliphatic rings. The maximum Gasteiger partial charge on any atom is 0.223 e. The van der Waals surface area contributed by atoms with Gasteiger partial charge >= 0.3 is 0 Å². The summed E-state index contributed by atoms with van der Waals surface area (Å²) in [6, 6.07) is 0. The van der Waals surface area contributed by atoms with Crippen LogP contribution in [-0.4, -0.2) is 102 Å². The van der Waals surface area contributed by atoms with Crippen LogP contribution >= 0.6 is 0 Å². The molecule has 12 nitrogen and oxygen atoms in total. The summed E-state index contributed by atoms with van der Waals surface area (Å²) in [6.07, 6.45) is 14.9. The van der Waals surface area contributed by atoms with E-state index in [1.54, 1.807) is 0 Å². The topological polar surface area (TPSA) is 153 Å². The Morgan fingerprint density at radius 3 is 1.50 bits per heavy atom. The van der Waals surface area contributed by atoms with E-state index in [4.69, 9.17) is 31.8 Å². The lowest BCUT2D eigenvalue weighted by molar-refractivity contribution is -0.132. The predicted molar refractivity (Wildman–Crippen MR) is 166 cm³/mol. The molecule has 0 aromatic carbocycles. The third kappa shape index (κ3) is 19.2. The number of amides is 4. The number of hydrogen-bond donors (Lipinski definition) is 4. The molecule has 0 unspecified atom stereocenters. The SMILES string of the molecule is C#CCOCCOCCNC(=O)CCC(CCC(=O)NCCC)(CCC(=O)NCCOCCOCC#C)NC(=O)C1CCC1. The maximum atomic E-state index is 13.1. The number of carbonyl (C=O) groups is 4. The van der Waals surface area contributed by atoms with Gasteiger partial charge in [0, 0.05) is 50.4 Å². The van der Waals surface area contributed by atoms with Crippen LogP contribution in [0.25, 0.3) is 0 Å². The van der Waals surface area contributed by atoms with Crippen molar-refractivity contribution in [3.05, 3.63) is 0 Å². The zero-order chi connectivity index (χ0) is 32.3. The molecular weight excluding hydrogens is 568 g/mol. The van der Waals surface area contributed by atoms with E-state index in [2.05, 4.69) is 33.1 Å². The van der Waals surface area contributed by atoms with E-state index in [0.717, 1.165) is 25.7 Å². The van der Waals surface area contributed by atoms with Crippen molar-refractivity contribution in [3.8, 4) is 24.7 Å². The monoisotopic (exact) mass is 620 g/mol. The van der Waals surface area contributed by atoms with Crippen LogP contribution in [0.2, 0.25) is 0 Å². The van der Waals surface area contributed by atoms with Crippen molar-refractivity contribution in [1.29, 1.82) is 0 Å². The minimum absolute atomic E-state index is 0.0885. The van der Waals surface area contributed by atoms with E-state index < -0.39 is 5.54 Å². The Hall–Kier alpha value is -3.16. The van der Waals surface area contributed by atoms with Gasteiger partial charge in [0.1, 0.15) is 13.2 Å². The molecule has 0 heterocycles. The van der Waals surface area contributed by atoms with Crippen molar-refractivity contribution >= 4 is 23.6 Å². The standard InChI is InChI=1S/C32H52N4O8/c1-4-16-33-28(37)10-13-32(36-31(40)27-8-7-9-27,14-11-29(38)34-17-21-43-25-23-41-19-5-2)15-12-30(39)35-18-22-44-26-24-42-20-6-3/h2-3,27H,4,7-26H2,1H3,(H,33,37)(H,34,38)(H,35,39)(H,36,40). The first-order valence-electron chi connectivity index (χ1n) is 15.7. The van der Waals surface area contributed by atoms with Crippen LogP contribution in [0.15, 0.2) is 0 Å². The van der Waals surface area contributed by atoms with Crippen molar-refractivity contribution in [1.82, 2.24) is 21.3 Å². The van der Waals surface area contributed by atoms with Crippen molar-refractivity contribution in [2.75, 3.05) is 72.5 Å². The molecule has 1 fully saturated rings. The van der Waals surface area contributed by atoms with Gasteiger partial charge in [0.25, 0.3) is 0 Å². The molecule has 4 amide bonds. The largest absolute Gasteiger partial charge is 0.377 e. The van der Waals surface area contributed by atoms with E-state index in [1.165, 1.54) is 0 Å². The molecule has 248 valence electrons. The highest BCUT2D eigenvalue weighted by atomic mass is 16.5. The minimum atomic E-state index is -0.902. The normalized spacial score (nSPS) is 12.8. The molecule has 12 heteroatoms. The summed E-state index contributed by atoms with van der Waals surface area (Å²) in [4.78, 5) is 51.1. The molecule has 0 atom stereocenters. The summed E-state index contributed by atoms with van der Waals surface area (Å²) < 4.78 is 21.1. The van der Waals surface area contributed by atoms with Gasteiger partial charge in [-0.2, -0.15) is 0 Å². The van der Waals surface area contributed by atoms with Gasteiger partial charge in [0.05, 0.1) is 39.6 Å². The number of ether oxygens (including phenoxy) is 4. The van der Waals surface area contributed by atoms with Gasteiger partial charge in [-0.05, 0) is 38.5 Å². The number of nitrogens with one attached hydrogen (secondary N) is 4. The van der Waals surface area contributed by atoms with Crippen LogP contribution in [-0.2, 0) is 38.1 Å². The number of hydrogen-bond acceptors (Lipinski definition) is 8. The van der Waals surface area contributed by atoms with Crippen molar-refractivity contribution < 1.29 is 38.1 Å². The summed E-state index contributed by atoms with van der Waals surface area (Å²) in [5, 5.41) is 11.7. The van der Waals surface area contributed by atoms with Gasteiger partial charge in [0.2, 0.25) is 23.6 Å². The van der Waals surface area contributed by atoms with Gasteiger partial charge in [-0.25, -0.2) is 0 Å². The molecule has 0 aliphatic heterocycles. The van der Waals surface area contributed by atoms with Crippen LogP contribution in [0.1, 0.15) is 71.1 Å². The van der Waals surface area contributed by atoms with Crippen LogP contribution in [0.4, 0.5) is 0 Å². The molecule has 0 spiro atoms. The van der Waals surface area contributed by atoms with Gasteiger partial charge < -0.3 is 40.2 Å². The smallest absolute Gasteiger partial charge is 0.223 e. The number of carbonyl (C=O) groups excluding carboxylic acids is 4. The molecule has 0 bridgehead atoms. The average molecular weight is 621 g/mol. The Bertz CT molecular complexity index is 880. The zero-order valence-corrected chi connectivity index (χ0v) is 26.3. The molecule has 1 rings (SSSR count). The zero-order valence-electron chi connectivity index (χ0n) is 26.3. The van der Waals surface area contributed by atoms with Crippen LogP contribution < -0.4 is 21.3 Å². The Labute approximate surface area is 262 Å². The predicted octanol–water partition coefficient (Wildman–Crippen LogP) is 1.07. The quantitative estimate of drug-likeness (QED) is 0.0786. The second kappa shape index (κ2) is 25.2. The van der Waals surface area contributed by atoms with Gasteiger partial charge in [-0.3, -0.25) is 19.2 Å². The number of rotatable bonds is 27. The van der Waals surface area contributed by atoms with E-state index in [1.807, 2.05) is 6.92 Å². The Morgan fingerprint density at radius 1 is 0.682 bits per heavy atom. The summed E-state index contributed by atoms with van der Waals surface area (Å²) in [7, 11) is 0. The average Bonchev–Trinajstić information content (AvgIpc) is 2.98. The second-order valence-electron chi connectivity index (χ2n) is 10.7. The van der Waals surface area contributed by atoms with Crippen LogP contribution in [0, 0.1) is 30.6 Å². The Morgan fingerprint density at radius 2 is 1.11 bits per heavy atom. The summed E-state index contributed by atoms with van der Waals surface area (Å²) in [5.74, 6) is 4.03. The third-order valence-electron chi connectivity index (χ3n) is 7.18. The van der Waals surface area contributed by atoms with E-state index in [9.17, 15) is 19.2 Å². The maximum absolute atomic E-state index is 13.1. The van der Waals surface area contributed by atoms with Crippen molar-refractivity contribution in [2.24, 2.45) is 5.92 Å². The van der Waals surface area contributed by atoms with Crippen molar-refractivity contribution in [3.63, 3.8) is 0 Å². The lowest BCUT2D eigenvalue weighted by Gasteiger charge is -2.38. The van der Waals surface area contributed by atoms with E-state index in [-0.39, 0.29) is 74.9 Å². The van der Waals surface area contributed by atoms with E-state index in [0.29, 0.717) is 65.7 Å². The fourth-order valence-corrected chi connectivity index (χ4v) is 4.41. The fraction of sp³-hybridized carbons (Fsp3) is 0.750. The first-order valence-corrected chi connectivity index (χ1v) is 15.7. The van der Waals surface area contributed by atoms with Crippen molar-refractivity contribution in [2.45, 2.75) is 76.7 Å². The molecular formula is C32H52N4O8. The van der Waals surface area contributed by atoms with Gasteiger partial charge in [-0.1, -0.05) is 25.2 Å². The van der Waals surface area contributed by atoms with Crippen LogP contribution in [0.5, 0.6) is 0 Å². The lowest BCUT2D eigenvalue weighted by atomic mass is 9.80.